The Bertz CT molecular complexity index is 1260. The van der Waals surface area contributed by atoms with E-state index in [-0.39, 0.29) is 11.3 Å². The molecule has 2 N–H and O–H groups in total. The smallest absolute Gasteiger partial charge is 0.359 e. The first-order chi connectivity index (χ1) is 14.6. The molecular formula is C21H15F5N4O. The van der Waals surface area contributed by atoms with Crippen LogP contribution in [0.4, 0.5) is 27.6 Å². The first-order valence-corrected chi connectivity index (χ1v) is 9.12. The number of alkyl halides is 3. The summed E-state index contributed by atoms with van der Waals surface area (Å²) < 4.78 is 66.5. The molecule has 0 unspecified atom stereocenters. The van der Waals surface area contributed by atoms with E-state index >= 15 is 0 Å². The van der Waals surface area contributed by atoms with Gasteiger partial charge in [0.2, 0.25) is 0 Å². The van der Waals surface area contributed by atoms with E-state index in [0.29, 0.717) is 16.5 Å². The molecule has 10 heteroatoms. The van der Waals surface area contributed by atoms with Crippen LogP contribution < -0.4 is 5.32 Å². The van der Waals surface area contributed by atoms with Crippen LogP contribution in [-0.2, 0) is 6.18 Å². The molecule has 0 saturated heterocycles. The minimum atomic E-state index is -4.42. The second-order valence-electron chi connectivity index (χ2n) is 6.97. The van der Waals surface area contributed by atoms with Crippen LogP contribution in [0.15, 0.2) is 55.0 Å². The Labute approximate surface area is 172 Å². The number of hydrogen-bond donors (Lipinski definition) is 2. The molecular weight excluding hydrogens is 419 g/mol. The monoisotopic (exact) mass is 434 g/mol. The largest absolute Gasteiger partial charge is 0.416 e. The Hall–Kier alpha value is -3.69. The average molecular weight is 434 g/mol. The lowest BCUT2D eigenvalue weighted by atomic mass is 10.1. The SMILES string of the molecule is C[C@H](c1ccc(C(F)(F)F)cc1)n1cc(C(=O)Nc2c[nH]c3cc(F)c(F)cc23)cn1. The minimum absolute atomic E-state index is 0.190. The molecule has 0 fully saturated rings. The molecule has 0 radical (unpaired) electrons. The predicted octanol–water partition coefficient (Wildman–Crippen LogP) is 5.52. The second kappa shape index (κ2) is 7.53. The summed E-state index contributed by atoms with van der Waals surface area (Å²) in [4.78, 5) is 15.3. The van der Waals surface area contributed by atoms with E-state index in [1.54, 1.807) is 6.92 Å². The Balaban J connectivity index is 1.52. The summed E-state index contributed by atoms with van der Waals surface area (Å²) >= 11 is 0. The molecule has 4 aromatic rings. The molecule has 0 saturated carbocycles. The zero-order chi connectivity index (χ0) is 22.3. The maximum atomic E-state index is 13.5. The van der Waals surface area contributed by atoms with Crippen LogP contribution >= 0.6 is 0 Å². The van der Waals surface area contributed by atoms with Crippen LogP contribution in [0.5, 0.6) is 0 Å². The Morgan fingerprint density at radius 2 is 1.81 bits per heavy atom. The van der Waals surface area contributed by atoms with Crippen LogP contribution in [0.1, 0.15) is 34.5 Å². The highest BCUT2D eigenvalue weighted by atomic mass is 19.4. The number of aromatic amines is 1. The summed E-state index contributed by atoms with van der Waals surface area (Å²) in [5, 5.41) is 7.03. The third kappa shape index (κ3) is 4.00. The number of fused-ring (bicyclic) bond motifs is 1. The van der Waals surface area contributed by atoms with Crippen LogP contribution in [0.3, 0.4) is 0 Å². The molecule has 31 heavy (non-hydrogen) atoms. The molecule has 5 nitrogen and oxygen atoms in total. The highest BCUT2D eigenvalue weighted by Crippen LogP contribution is 2.30. The molecule has 2 heterocycles. The van der Waals surface area contributed by atoms with Gasteiger partial charge in [-0.1, -0.05) is 12.1 Å². The highest BCUT2D eigenvalue weighted by molar-refractivity contribution is 6.08. The van der Waals surface area contributed by atoms with Crippen molar-refractivity contribution >= 4 is 22.5 Å². The van der Waals surface area contributed by atoms with E-state index in [1.165, 1.54) is 35.4 Å². The quantitative estimate of drug-likeness (QED) is 0.416. The van der Waals surface area contributed by atoms with Gasteiger partial charge < -0.3 is 10.3 Å². The molecule has 0 bridgehead atoms. The van der Waals surface area contributed by atoms with Crippen LogP contribution in [-0.4, -0.2) is 20.7 Å². The van der Waals surface area contributed by atoms with Crippen molar-refractivity contribution in [1.82, 2.24) is 14.8 Å². The van der Waals surface area contributed by atoms with Crippen molar-refractivity contribution in [3.63, 3.8) is 0 Å². The lowest BCUT2D eigenvalue weighted by Crippen LogP contribution is -2.12. The normalized spacial score (nSPS) is 12.8. The number of rotatable bonds is 4. The fourth-order valence-corrected chi connectivity index (χ4v) is 3.19. The number of carbonyl (C=O) groups is 1. The van der Waals surface area contributed by atoms with Crippen LogP contribution in [0, 0.1) is 11.6 Å². The lowest BCUT2D eigenvalue weighted by molar-refractivity contribution is -0.137. The molecule has 160 valence electrons. The fourth-order valence-electron chi connectivity index (χ4n) is 3.19. The Morgan fingerprint density at radius 1 is 1.13 bits per heavy atom. The summed E-state index contributed by atoms with van der Waals surface area (Å²) in [5.41, 5.74) is 0.607. The van der Waals surface area contributed by atoms with Gasteiger partial charge >= 0.3 is 6.18 Å². The molecule has 1 amide bonds. The van der Waals surface area contributed by atoms with Crippen molar-refractivity contribution in [1.29, 1.82) is 0 Å². The van der Waals surface area contributed by atoms with E-state index < -0.39 is 35.3 Å². The number of aromatic nitrogens is 3. The van der Waals surface area contributed by atoms with E-state index in [9.17, 15) is 26.7 Å². The molecule has 0 aliphatic rings. The van der Waals surface area contributed by atoms with Crippen molar-refractivity contribution in [2.75, 3.05) is 5.32 Å². The number of hydrogen-bond acceptors (Lipinski definition) is 2. The number of nitrogens with one attached hydrogen (secondary N) is 2. The summed E-state index contributed by atoms with van der Waals surface area (Å²) in [6.07, 6.45) is -0.246. The molecule has 4 rings (SSSR count). The second-order valence-corrected chi connectivity index (χ2v) is 6.97. The zero-order valence-corrected chi connectivity index (χ0v) is 16.0. The van der Waals surface area contributed by atoms with Crippen molar-refractivity contribution < 1.29 is 26.7 Å². The predicted molar refractivity (Wildman–Crippen MR) is 104 cm³/mol. The van der Waals surface area contributed by atoms with Gasteiger partial charge in [-0.2, -0.15) is 18.3 Å². The highest BCUT2D eigenvalue weighted by Gasteiger charge is 2.30. The number of amides is 1. The number of benzene rings is 2. The van der Waals surface area contributed by atoms with Gasteiger partial charge in [0.1, 0.15) is 0 Å². The average Bonchev–Trinajstić information content (AvgIpc) is 3.35. The first-order valence-electron chi connectivity index (χ1n) is 9.12. The number of H-pyrrole nitrogens is 1. The fraction of sp³-hybridized carbons (Fsp3) is 0.143. The van der Waals surface area contributed by atoms with Crippen LogP contribution in [0.25, 0.3) is 10.9 Å². The summed E-state index contributed by atoms with van der Waals surface area (Å²) in [7, 11) is 0. The Kier molecular flexibility index (Phi) is 5.00. The topological polar surface area (TPSA) is 62.7 Å². The third-order valence-corrected chi connectivity index (χ3v) is 4.95. The van der Waals surface area contributed by atoms with Crippen molar-refractivity contribution in [2.24, 2.45) is 0 Å². The maximum Gasteiger partial charge on any atom is 0.416 e. The third-order valence-electron chi connectivity index (χ3n) is 4.95. The van der Waals surface area contributed by atoms with E-state index in [1.807, 2.05) is 0 Å². The van der Waals surface area contributed by atoms with Gasteiger partial charge in [0.25, 0.3) is 5.91 Å². The van der Waals surface area contributed by atoms with Crippen molar-refractivity contribution in [3.05, 3.63) is 83.3 Å². The van der Waals surface area contributed by atoms with Gasteiger partial charge in [-0.3, -0.25) is 9.48 Å². The lowest BCUT2D eigenvalue weighted by Gasteiger charge is -2.14. The zero-order valence-electron chi connectivity index (χ0n) is 16.0. The molecule has 0 spiro atoms. The molecule has 2 aromatic carbocycles. The van der Waals surface area contributed by atoms with Gasteiger partial charge in [-0.05, 0) is 30.7 Å². The van der Waals surface area contributed by atoms with Crippen molar-refractivity contribution in [3.8, 4) is 0 Å². The van der Waals surface area contributed by atoms with Crippen molar-refractivity contribution in [2.45, 2.75) is 19.1 Å². The standard InChI is InChI=1S/C21H15F5N4O/c1-11(12-2-4-14(5-3-12)21(24,25)26)30-10-13(8-28-30)20(31)29-19-9-27-18-7-17(23)16(22)6-15(18)19/h2-11,27H,1H3,(H,29,31)/t11-/m1/s1. The maximum absolute atomic E-state index is 13.5. The molecule has 2 aromatic heterocycles. The first kappa shape index (κ1) is 20.6. The summed E-state index contributed by atoms with van der Waals surface area (Å²) in [5.74, 6) is -2.58. The molecule has 1 atom stereocenters. The van der Waals surface area contributed by atoms with Gasteiger partial charge in [-0.25, -0.2) is 8.78 Å². The van der Waals surface area contributed by atoms with E-state index in [0.717, 1.165) is 24.3 Å². The number of anilines is 1. The van der Waals surface area contributed by atoms with Crippen LogP contribution in [0.2, 0.25) is 0 Å². The summed E-state index contributed by atoms with van der Waals surface area (Å²) in [6.45, 7) is 1.73. The number of nitrogens with zero attached hydrogens (tertiary/aromatic N) is 2. The van der Waals surface area contributed by atoms with Gasteiger partial charge in [0.15, 0.2) is 11.6 Å². The summed E-state index contributed by atoms with van der Waals surface area (Å²) in [6, 6.07) is 6.23. The minimum Gasteiger partial charge on any atom is -0.359 e. The van der Waals surface area contributed by atoms with E-state index in [4.69, 9.17) is 0 Å². The molecule has 0 aliphatic carbocycles. The molecule has 0 aliphatic heterocycles. The van der Waals surface area contributed by atoms with Gasteiger partial charge in [0, 0.05) is 23.8 Å². The van der Waals surface area contributed by atoms with Gasteiger partial charge in [-0.15, -0.1) is 0 Å². The number of carbonyl (C=O) groups excluding carboxylic acids is 1. The van der Waals surface area contributed by atoms with E-state index in [2.05, 4.69) is 15.4 Å². The van der Waals surface area contributed by atoms with Gasteiger partial charge in [0.05, 0.1) is 34.6 Å². The number of halogens is 5. The Morgan fingerprint density at radius 3 is 2.48 bits per heavy atom.